The molecule has 2 rings (SSSR count). The summed E-state index contributed by atoms with van der Waals surface area (Å²) >= 11 is 6.21. The van der Waals surface area contributed by atoms with Crippen molar-refractivity contribution >= 4 is 11.6 Å². The van der Waals surface area contributed by atoms with Crippen LogP contribution in [-0.4, -0.2) is 0 Å². The maximum absolute atomic E-state index is 6.21. The lowest BCUT2D eigenvalue weighted by molar-refractivity contribution is 0.253. The van der Waals surface area contributed by atoms with Crippen molar-refractivity contribution in [2.24, 2.45) is 5.73 Å². The highest BCUT2D eigenvalue weighted by Crippen LogP contribution is 2.42. The molecule has 0 radical (unpaired) electrons. The van der Waals surface area contributed by atoms with Crippen LogP contribution in [-0.2, 0) is 5.54 Å². The van der Waals surface area contributed by atoms with Crippen LogP contribution in [0.3, 0.4) is 0 Å². The van der Waals surface area contributed by atoms with Gasteiger partial charge in [-0.2, -0.15) is 0 Å². The average molecular weight is 196 g/mol. The highest BCUT2D eigenvalue weighted by atomic mass is 35.5. The summed E-state index contributed by atoms with van der Waals surface area (Å²) in [7, 11) is 0. The highest BCUT2D eigenvalue weighted by molar-refractivity contribution is 6.32. The highest BCUT2D eigenvalue weighted by Gasteiger charge is 2.35. The van der Waals surface area contributed by atoms with E-state index in [0.717, 1.165) is 29.0 Å². The minimum atomic E-state index is -0.136. The van der Waals surface area contributed by atoms with Gasteiger partial charge in [-0.1, -0.05) is 29.8 Å². The van der Waals surface area contributed by atoms with Gasteiger partial charge < -0.3 is 5.73 Å². The second kappa shape index (κ2) is 3.00. The van der Waals surface area contributed by atoms with Crippen molar-refractivity contribution in [3.8, 4) is 0 Å². The van der Waals surface area contributed by atoms with Crippen molar-refractivity contribution < 1.29 is 0 Å². The predicted molar refractivity (Wildman–Crippen MR) is 55.9 cm³/mol. The van der Waals surface area contributed by atoms with Gasteiger partial charge in [0.2, 0.25) is 0 Å². The molecule has 1 aromatic rings. The van der Waals surface area contributed by atoms with Gasteiger partial charge in [-0.15, -0.1) is 0 Å². The third-order valence-electron chi connectivity index (χ3n) is 2.97. The zero-order valence-electron chi connectivity index (χ0n) is 7.81. The summed E-state index contributed by atoms with van der Waals surface area (Å²) in [4.78, 5) is 0. The van der Waals surface area contributed by atoms with Gasteiger partial charge in [-0.3, -0.25) is 0 Å². The largest absolute Gasteiger partial charge is 0.321 e. The Bertz CT molecular complexity index is 329. The number of benzene rings is 1. The quantitative estimate of drug-likeness (QED) is 0.733. The van der Waals surface area contributed by atoms with Crippen LogP contribution in [0.15, 0.2) is 18.2 Å². The fraction of sp³-hybridized carbons (Fsp3) is 0.455. The predicted octanol–water partition coefficient (Wildman–Crippen LogP) is 2.99. The Morgan fingerprint density at radius 2 is 2.08 bits per heavy atom. The summed E-state index contributed by atoms with van der Waals surface area (Å²) in [6.07, 6.45) is 3.35. The van der Waals surface area contributed by atoms with E-state index >= 15 is 0 Å². The lowest BCUT2D eigenvalue weighted by atomic mass is 9.72. The first kappa shape index (κ1) is 9.04. The van der Waals surface area contributed by atoms with Crippen LogP contribution in [0.25, 0.3) is 0 Å². The summed E-state index contributed by atoms with van der Waals surface area (Å²) in [5.41, 5.74) is 8.32. The van der Waals surface area contributed by atoms with Crippen LogP contribution in [0.4, 0.5) is 0 Å². The van der Waals surface area contributed by atoms with E-state index in [-0.39, 0.29) is 5.54 Å². The Hall–Kier alpha value is -0.530. The summed E-state index contributed by atoms with van der Waals surface area (Å²) < 4.78 is 0. The van der Waals surface area contributed by atoms with Gasteiger partial charge >= 0.3 is 0 Å². The van der Waals surface area contributed by atoms with Gasteiger partial charge in [-0.05, 0) is 37.3 Å². The molecule has 1 fully saturated rings. The first-order chi connectivity index (χ1) is 6.13. The van der Waals surface area contributed by atoms with Gasteiger partial charge in [0.15, 0.2) is 0 Å². The second-order valence-electron chi connectivity index (χ2n) is 3.95. The number of hydrogen-bond donors (Lipinski definition) is 1. The molecule has 0 aliphatic heterocycles. The molecule has 0 aromatic heterocycles. The molecule has 0 heterocycles. The fourth-order valence-electron chi connectivity index (χ4n) is 1.86. The lowest BCUT2D eigenvalue weighted by Gasteiger charge is -2.39. The van der Waals surface area contributed by atoms with Gasteiger partial charge in [0, 0.05) is 10.6 Å². The van der Waals surface area contributed by atoms with Crippen LogP contribution in [0.5, 0.6) is 0 Å². The molecular weight excluding hydrogens is 182 g/mol. The summed E-state index contributed by atoms with van der Waals surface area (Å²) in [6.45, 7) is 2.02. The molecule has 0 atom stereocenters. The molecule has 0 unspecified atom stereocenters. The monoisotopic (exact) mass is 195 g/mol. The van der Waals surface area contributed by atoms with Crippen molar-refractivity contribution in [2.45, 2.75) is 31.7 Å². The Balaban J connectivity index is 2.45. The fourth-order valence-corrected chi connectivity index (χ4v) is 2.17. The van der Waals surface area contributed by atoms with Crippen LogP contribution < -0.4 is 5.73 Å². The van der Waals surface area contributed by atoms with Crippen LogP contribution in [0.2, 0.25) is 5.02 Å². The third-order valence-corrected chi connectivity index (χ3v) is 3.48. The average Bonchev–Trinajstić information content (AvgIpc) is 2.06. The molecule has 2 heteroatoms. The van der Waals surface area contributed by atoms with E-state index in [1.807, 2.05) is 19.1 Å². The maximum Gasteiger partial charge on any atom is 0.0485 e. The molecule has 0 amide bonds. The molecular formula is C11H14ClN. The van der Waals surface area contributed by atoms with E-state index in [2.05, 4.69) is 6.07 Å². The van der Waals surface area contributed by atoms with E-state index < -0.39 is 0 Å². The summed E-state index contributed by atoms with van der Waals surface area (Å²) in [6, 6.07) is 6.10. The number of aryl methyl sites for hydroxylation is 1. The Labute approximate surface area is 83.9 Å². The van der Waals surface area contributed by atoms with Crippen LogP contribution in [0.1, 0.15) is 30.4 Å². The van der Waals surface area contributed by atoms with Crippen molar-refractivity contribution in [2.75, 3.05) is 0 Å². The van der Waals surface area contributed by atoms with Gasteiger partial charge in [0.1, 0.15) is 0 Å². The van der Waals surface area contributed by atoms with E-state index in [1.165, 1.54) is 6.42 Å². The number of nitrogens with two attached hydrogens (primary N) is 1. The standard InChI is InChI=1S/C11H14ClN/c1-8-4-2-5-9(10(8)12)11(13)6-3-7-11/h2,4-5H,3,6-7,13H2,1H3. The van der Waals surface area contributed by atoms with Crippen molar-refractivity contribution in [1.82, 2.24) is 0 Å². The SMILES string of the molecule is Cc1cccc(C2(N)CCC2)c1Cl. The molecule has 0 bridgehead atoms. The molecule has 70 valence electrons. The van der Waals surface area contributed by atoms with E-state index in [1.54, 1.807) is 0 Å². The van der Waals surface area contributed by atoms with Gasteiger partial charge in [0.05, 0.1) is 0 Å². The Morgan fingerprint density at radius 1 is 1.38 bits per heavy atom. The molecule has 2 N–H and O–H groups in total. The lowest BCUT2D eigenvalue weighted by Crippen LogP contribution is -2.43. The minimum absolute atomic E-state index is 0.136. The summed E-state index contributed by atoms with van der Waals surface area (Å²) in [5.74, 6) is 0. The first-order valence-corrected chi connectivity index (χ1v) is 5.06. The Kier molecular flexibility index (Phi) is 2.09. The van der Waals surface area contributed by atoms with Crippen LogP contribution in [0, 0.1) is 6.92 Å². The zero-order chi connectivity index (χ0) is 9.47. The zero-order valence-corrected chi connectivity index (χ0v) is 8.56. The molecule has 1 aliphatic carbocycles. The van der Waals surface area contributed by atoms with E-state index in [0.29, 0.717) is 0 Å². The van der Waals surface area contributed by atoms with Crippen molar-refractivity contribution in [3.63, 3.8) is 0 Å². The normalized spacial score (nSPS) is 19.6. The topological polar surface area (TPSA) is 26.0 Å². The van der Waals surface area contributed by atoms with Gasteiger partial charge in [0.25, 0.3) is 0 Å². The molecule has 1 aliphatic rings. The number of halogens is 1. The maximum atomic E-state index is 6.21. The van der Waals surface area contributed by atoms with Gasteiger partial charge in [-0.25, -0.2) is 0 Å². The molecule has 1 nitrogen and oxygen atoms in total. The van der Waals surface area contributed by atoms with E-state index in [9.17, 15) is 0 Å². The Morgan fingerprint density at radius 3 is 2.62 bits per heavy atom. The minimum Gasteiger partial charge on any atom is -0.321 e. The van der Waals surface area contributed by atoms with Crippen molar-refractivity contribution in [1.29, 1.82) is 0 Å². The molecule has 0 spiro atoms. The molecule has 1 saturated carbocycles. The molecule has 13 heavy (non-hydrogen) atoms. The smallest absolute Gasteiger partial charge is 0.0485 e. The molecule has 0 saturated heterocycles. The molecule has 1 aromatic carbocycles. The summed E-state index contributed by atoms with van der Waals surface area (Å²) in [5, 5.41) is 0.852. The van der Waals surface area contributed by atoms with Crippen molar-refractivity contribution in [3.05, 3.63) is 34.3 Å². The van der Waals surface area contributed by atoms with Crippen LogP contribution >= 0.6 is 11.6 Å². The third kappa shape index (κ3) is 1.36. The van der Waals surface area contributed by atoms with E-state index in [4.69, 9.17) is 17.3 Å². The second-order valence-corrected chi connectivity index (χ2v) is 4.32. The first-order valence-electron chi connectivity index (χ1n) is 4.68. The number of hydrogen-bond acceptors (Lipinski definition) is 1. The number of rotatable bonds is 1.